The fourth-order valence-electron chi connectivity index (χ4n) is 3.19. The topological polar surface area (TPSA) is 105 Å². The Balaban J connectivity index is 1.52. The van der Waals surface area contributed by atoms with Gasteiger partial charge in [0.25, 0.3) is 5.91 Å². The number of benzene rings is 1. The Morgan fingerprint density at radius 3 is 2.29 bits per heavy atom. The van der Waals surface area contributed by atoms with Gasteiger partial charge >= 0.3 is 6.09 Å². The van der Waals surface area contributed by atoms with Crippen LogP contribution in [0.1, 0.15) is 44.0 Å². The molecule has 2 heterocycles. The maximum atomic E-state index is 12.8. The number of carbonyl (C=O) groups excluding carboxylic acids is 2. The van der Waals surface area contributed by atoms with Gasteiger partial charge in [0.15, 0.2) is 0 Å². The summed E-state index contributed by atoms with van der Waals surface area (Å²) in [4.78, 5) is 26.3. The highest BCUT2D eigenvalue weighted by Gasteiger charge is 2.27. The van der Waals surface area contributed by atoms with E-state index in [9.17, 15) is 18.0 Å². The van der Waals surface area contributed by atoms with E-state index in [2.05, 4.69) is 10.0 Å². The minimum absolute atomic E-state index is 0.122. The van der Waals surface area contributed by atoms with Crippen LogP contribution in [0.3, 0.4) is 0 Å². The molecule has 0 atom stereocenters. The maximum absolute atomic E-state index is 12.8. The van der Waals surface area contributed by atoms with Crippen molar-refractivity contribution in [3.05, 3.63) is 47.3 Å². The highest BCUT2D eigenvalue weighted by molar-refractivity contribution is 7.91. The summed E-state index contributed by atoms with van der Waals surface area (Å²) in [7, 11) is -3.51. The van der Waals surface area contributed by atoms with Crippen LogP contribution in [0.5, 0.6) is 0 Å². The first-order valence-electron chi connectivity index (χ1n) is 9.99. The lowest BCUT2D eigenvalue weighted by Gasteiger charge is -2.32. The first kappa shape index (κ1) is 23.2. The second-order valence-corrected chi connectivity index (χ2v) is 11.2. The first-order valence-corrected chi connectivity index (χ1v) is 12.3. The van der Waals surface area contributed by atoms with Gasteiger partial charge in [-0.05, 0) is 69.3 Å². The highest BCUT2D eigenvalue weighted by atomic mass is 32.2. The number of hydrogen-bond donors (Lipinski definition) is 2. The van der Waals surface area contributed by atoms with Crippen molar-refractivity contribution in [3.63, 3.8) is 0 Å². The van der Waals surface area contributed by atoms with Crippen molar-refractivity contribution in [2.24, 2.45) is 0 Å². The summed E-state index contributed by atoms with van der Waals surface area (Å²) in [6, 6.07) is 9.69. The molecule has 0 radical (unpaired) electrons. The van der Waals surface area contributed by atoms with Crippen molar-refractivity contribution < 1.29 is 22.7 Å². The molecule has 3 rings (SSSR count). The van der Waals surface area contributed by atoms with Gasteiger partial charge in [-0.1, -0.05) is 6.07 Å². The van der Waals surface area contributed by atoms with Crippen molar-refractivity contribution in [1.82, 2.24) is 9.62 Å². The van der Waals surface area contributed by atoms with Crippen LogP contribution < -0.4 is 10.0 Å². The smallest absolute Gasteiger partial charge is 0.412 e. The van der Waals surface area contributed by atoms with E-state index in [1.165, 1.54) is 11.3 Å². The van der Waals surface area contributed by atoms with Gasteiger partial charge < -0.3 is 9.64 Å². The van der Waals surface area contributed by atoms with Crippen molar-refractivity contribution >= 4 is 39.0 Å². The van der Waals surface area contributed by atoms with E-state index in [0.717, 1.165) is 0 Å². The number of thiophene rings is 1. The fraction of sp³-hybridized carbons (Fsp3) is 0.429. The molecule has 8 nitrogen and oxygen atoms in total. The normalized spacial score (nSPS) is 15.5. The molecule has 10 heteroatoms. The number of sulfonamides is 1. The number of hydrogen-bond acceptors (Lipinski definition) is 6. The van der Waals surface area contributed by atoms with Crippen LogP contribution >= 0.6 is 11.3 Å². The largest absolute Gasteiger partial charge is 0.444 e. The Morgan fingerprint density at radius 2 is 1.74 bits per heavy atom. The Kier molecular flexibility index (Phi) is 7.03. The quantitative estimate of drug-likeness (QED) is 0.701. The predicted octanol–water partition coefficient (Wildman–Crippen LogP) is 3.68. The molecule has 0 unspecified atom stereocenters. The van der Waals surface area contributed by atoms with E-state index in [0.29, 0.717) is 41.4 Å². The summed E-state index contributed by atoms with van der Waals surface area (Å²) >= 11 is 1.18. The van der Waals surface area contributed by atoms with Crippen LogP contribution in [0, 0.1) is 0 Å². The van der Waals surface area contributed by atoms with E-state index >= 15 is 0 Å². The zero-order valence-corrected chi connectivity index (χ0v) is 19.4. The number of carbonyl (C=O) groups is 2. The molecule has 0 bridgehead atoms. The van der Waals surface area contributed by atoms with Gasteiger partial charge in [0.2, 0.25) is 10.0 Å². The number of nitrogens with one attached hydrogen (secondary N) is 2. The van der Waals surface area contributed by atoms with Gasteiger partial charge in [-0.2, -0.15) is 0 Å². The predicted molar refractivity (Wildman–Crippen MR) is 120 cm³/mol. The van der Waals surface area contributed by atoms with E-state index in [1.54, 1.807) is 67.4 Å². The second kappa shape index (κ2) is 9.37. The van der Waals surface area contributed by atoms with Crippen LogP contribution in [0.25, 0.3) is 0 Å². The third-order valence-electron chi connectivity index (χ3n) is 4.64. The third kappa shape index (κ3) is 6.52. The van der Waals surface area contributed by atoms with Crippen LogP contribution in [0.15, 0.2) is 46.0 Å². The van der Waals surface area contributed by atoms with E-state index in [-0.39, 0.29) is 11.9 Å². The van der Waals surface area contributed by atoms with Gasteiger partial charge in [-0.15, -0.1) is 11.3 Å². The molecule has 1 aromatic carbocycles. The number of likely N-dealkylation sites (tertiary alicyclic amines) is 1. The average Bonchev–Trinajstić information content (AvgIpc) is 3.23. The Bertz CT molecular complexity index is 1000. The molecule has 1 aromatic heterocycles. The molecule has 1 aliphatic heterocycles. The number of rotatable bonds is 5. The lowest BCUT2D eigenvalue weighted by molar-refractivity contribution is 0.0635. The zero-order valence-electron chi connectivity index (χ0n) is 17.8. The standard InChI is InChI=1S/C21H27N3O5S2/c1-21(2,3)29-20(26)22-16-8-6-15(7-9-16)19(25)24-12-10-17(11-13-24)23-31(27,28)18-5-4-14-30-18/h4-9,14,17,23H,10-13H2,1-3H3,(H,22,26). The molecular weight excluding hydrogens is 438 g/mol. The molecule has 1 aliphatic rings. The molecule has 2 amide bonds. The third-order valence-corrected chi connectivity index (χ3v) is 7.56. The number of nitrogens with zero attached hydrogens (tertiary/aromatic N) is 1. The van der Waals surface area contributed by atoms with Crippen molar-refractivity contribution in [2.45, 2.75) is 49.5 Å². The highest BCUT2D eigenvalue weighted by Crippen LogP contribution is 2.20. The zero-order chi connectivity index (χ0) is 22.6. The maximum Gasteiger partial charge on any atom is 0.412 e. The fourth-order valence-corrected chi connectivity index (χ4v) is 5.51. The summed E-state index contributed by atoms with van der Waals surface area (Å²) in [5.41, 5.74) is 0.448. The van der Waals surface area contributed by atoms with Gasteiger partial charge in [0.05, 0.1) is 0 Å². The van der Waals surface area contributed by atoms with Crippen molar-refractivity contribution in [3.8, 4) is 0 Å². The minimum Gasteiger partial charge on any atom is -0.444 e. The van der Waals surface area contributed by atoms with Gasteiger partial charge in [-0.3, -0.25) is 10.1 Å². The molecule has 0 aliphatic carbocycles. The van der Waals surface area contributed by atoms with Crippen LogP contribution in [0.2, 0.25) is 0 Å². The van der Waals surface area contributed by atoms with Crippen LogP contribution in [0.4, 0.5) is 10.5 Å². The first-order chi connectivity index (χ1) is 14.5. The monoisotopic (exact) mass is 465 g/mol. The number of ether oxygens (including phenoxy) is 1. The van der Waals surface area contributed by atoms with Crippen LogP contribution in [-0.2, 0) is 14.8 Å². The molecule has 31 heavy (non-hydrogen) atoms. The van der Waals surface area contributed by atoms with E-state index in [4.69, 9.17) is 4.74 Å². The minimum atomic E-state index is -3.51. The van der Waals surface area contributed by atoms with Gasteiger partial charge in [-0.25, -0.2) is 17.9 Å². The number of anilines is 1. The number of piperidine rings is 1. The summed E-state index contributed by atoms with van der Waals surface area (Å²) in [6.07, 6.45) is 0.544. The summed E-state index contributed by atoms with van der Waals surface area (Å²) < 4.78 is 33.0. The van der Waals surface area contributed by atoms with E-state index in [1.807, 2.05) is 0 Å². The Morgan fingerprint density at radius 1 is 1.10 bits per heavy atom. The molecule has 0 spiro atoms. The molecule has 1 fully saturated rings. The molecular formula is C21H27N3O5S2. The summed E-state index contributed by atoms with van der Waals surface area (Å²) in [6.45, 7) is 6.28. The molecule has 0 saturated carbocycles. The lowest BCUT2D eigenvalue weighted by Crippen LogP contribution is -2.46. The van der Waals surface area contributed by atoms with Gasteiger partial charge in [0.1, 0.15) is 9.81 Å². The SMILES string of the molecule is CC(C)(C)OC(=O)Nc1ccc(C(=O)N2CCC(NS(=O)(=O)c3cccs3)CC2)cc1. The van der Waals surface area contributed by atoms with Gasteiger partial charge in [0, 0.05) is 30.4 Å². The Labute approximate surface area is 186 Å². The summed E-state index contributed by atoms with van der Waals surface area (Å²) in [5.74, 6) is -0.122. The van der Waals surface area contributed by atoms with Crippen molar-refractivity contribution in [1.29, 1.82) is 0 Å². The molecule has 1 saturated heterocycles. The molecule has 2 aromatic rings. The number of amides is 2. The molecule has 168 valence electrons. The lowest BCUT2D eigenvalue weighted by atomic mass is 10.0. The average molecular weight is 466 g/mol. The second-order valence-electron chi connectivity index (χ2n) is 8.32. The van der Waals surface area contributed by atoms with Crippen molar-refractivity contribution in [2.75, 3.05) is 18.4 Å². The summed E-state index contributed by atoms with van der Waals surface area (Å²) in [5, 5.41) is 4.36. The van der Waals surface area contributed by atoms with E-state index < -0.39 is 21.7 Å². The molecule has 2 N–H and O–H groups in total. The Hall–Kier alpha value is -2.43. The van der Waals surface area contributed by atoms with Crippen LogP contribution in [-0.4, -0.2) is 50.1 Å².